The van der Waals surface area contributed by atoms with Crippen molar-refractivity contribution in [1.82, 2.24) is 10.1 Å². The Bertz CT molecular complexity index is 815. The smallest absolute Gasteiger partial charge is 0.227 e. The van der Waals surface area contributed by atoms with Gasteiger partial charge in [-0.2, -0.15) is 4.98 Å². The number of aryl methyl sites for hydroxylation is 2. The van der Waals surface area contributed by atoms with Crippen LogP contribution < -0.4 is 5.32 Å². The van der Waals surface area contributed by atoms with Crippen molar-refractivity contribution < 1.29 is 9.32 Å². The maximum atomic E-state index is 12.0. The van der Waals surface area contributed by atoms with Crippen LogP contribution in [0.5, 0.6) is 0 Å². The fraction of sp³-hybridized carbons (Fsp3) is 0.188. The number of amides is 1. The van der Waals surface area contributed by atoms with Crippen LogP contribution in [-0.4, -0.2) is 16.0 Å². The van der Waals surface area contributed by atoms with Crippen molar-refractivity contribution in [2.24, 2.45) is 0 Å². The maximum absolute atomic E-state index is 12.0. The summed E-state index contributed by atoms with van der Waals surface area (Å²) < 4.78 is 5.18. The minimum absolute atomic E-state index is 0.105. The fourth-order valence-corrected chi connectivity index (χ4v) is 2.94. The molecule has 1 amide bonds. The highest BCUT2D eigenvalue weighted by molar-refractivity contribution is 7.13. The van der Waals surface area contributed by atoms with Crippen LogP contribution in [0.25, 0.3) is 10.7 Å². The van der Waals surface area contributed by atoms with Crippen molar-refractivity contribution in [3.8, 4) is 10.7 Å². The lowest BCUT2D eigenvalue weighted by Gasteiger charge is -2.07. The summed E-state index contributed by atoms with van der Waals surface area (Å²) in [6.45, 7) is 1.90. The third-order valence-corrected chi connectivity index (χ3v) is 4.34. The molecule has 0 fully saturated rings. The summed E-state index contributed by atoms with van der Waals surface area (Å²) in [6.07, 6.45) is 0.672. The van der Waals surface area contributed by atoms with Gasteiger partial charge in [0.25, 0.3) is 0 Å². The summed E-state index contributed by atoms with van der Waals surface area (Å²) in [6, 6.07) is 9.20. The van der Waals surface area contributed by atoms with Gasteiger partial charge in [-0.3, -0.25) is 4.79 Å². The van der Waals surface area contributed by atoms with Gasteiger partial charge in [-0.1, -0.05) is 22.8 Å². The second kappa shape index (κ2) is 6.93. The van der Waals surface area contributed by atoms with E-state index in [-0.39, 0.29) is 12.3 Å². The molecule has 2 aromatic heterocycles. The Hall–Kier alpha value is -2.18. The number of hydrogen-bond donors (Lipinski definition) is 1. The highest BCUT2D eigenvalue weighted by Gasteiger charge is 2.12. The summed E-state index contributed by atoms with van der Waals surface area (Å²) in [5.41, 5.74) is 1.67. The average Bonchev–Trinajstić information content (AvgIpc) is 3.18. The molecular formula is C16H14ClN3O2S. The van der Waals surface area contributed by atoms with Gasteiger partial charge >= 0.3 is 0 Å². The summed E-state index contributed by atoms with van der Waals surface area (Å²) in [4.78, 5) is 17.3. The van der Waals surface area contributed by atoms with Crippen molar-refractivity contribution in [3.63, 3.8) is 0 Å². The van der Waals surface area contributed by atoms with Gasteiger partial charge in [0.05, 0.1) is 4.88 Å². The lowest BCUT2D eigenvalue weighted by atomic mass is 10.2. The van der Waals surface area contributed by atoms with Crippen LogP contribution in [-0.2, 0) is 11.2 Å². The number of benzene rings is 1. The summed E-state index contributed by atoms with van der Waals surface area (Å²) in [7, 11) is 0. The summed E-state index contributed by atoms with van der Waals surface area (Å²) in [5, 5.41) is 9.38. The van der Waals surface area contributed by atoms with Gasteiger partial charge < -0.3 is 9.84 Å². The van der Waals surface area contributed by atoms with E-state index in [1.165, 1.54) is 0 Å². The molecule has 0 spiro atoms. The zero-order chi connectivity index (χ0) is 16.2. The van der Waals surface area contributed by atoms with Crippen molar-refractivity contribution in [1.29, 1.82) is 0 Å². The molecule has 118 valence electrons. The molecule has 1 N–H and O–H groups in total. The van der Waals surface area contributed by atoms with E-state index in [0.29, 0.717) is 23.2 Å². The lowest BCUT2D eigenvalue weighted by molar-refractivity contribution is -0.116. The Labute approximate surface area is 142 Å². The second-order valence-electron chi connectivity index (χ2n) is 5.00. The number of carbonyl (C=O) groups excluding carboxylic acids is 1. The maximum Gasteiger partial charge on any atom is 0.227 e. The zero-order valence-corrected chi connectivity index (χ0v) is 13.9. The number of nitrogens with zero attached hydrogens (tertiary/aromatic N) is 2. The molecule has 3 aromatic rings. The zero-order valence-electron chi connectivity index (χ0n) is 12.4. The van der Waals surface area contributed by atoms with Gasteiger partial charge in [-0.25, -0.2) is 0 Å². The van der Waals surface area contributed by atoms with E-state index in [2.05, 4.69) is 15.5 Å². The lowest BCUT2D eigenvalue weighted by Crippen LogP contribution is -2.13. The number of nitrogens with one attached hydrogen (secondary N) is 1. The van der Waals surface area contributed by atoms with E-state index < -0.39 is 0 Å². The number of hydrogen-bond acceptors (Lipinski definition) is 5. The van der Waals surface area contributed by atoms with E-state index in [0.717, 1.165) is 16.1 Å². The minimum Gasteiger partial charge on any atom is -0.339 e. The van der Waals surface area contributed by atoms with E-state index in [9.17, 15) is 4.79 Å². The van der Waals surface area contributed by atoms with Crippen LogP contribution in [0.1, 0.15) is 17.9 Å². The highest BCUT2D eigenvalue weighted by Crippen LogP contribution is 2.22. The molecule has 0 aliphatic heterocycles. The number of aromatic nitrogens is 2. The molecule has 0 atom stereocenters. The van der Waals surface area contributed by atoms with Gasteiger partial charge in [0.15, 0.2) is 0 Å². The molecule has 0 aliphatic rings. The topological polar surface area (TPSA) is 68.0 Å². The normalized spacial score (nSPS) is 10.7. The molecule has 1 aromatic carbocycles. The first kappa shape index (κ1) is 15.7. The molecule has 23 heavy (non-hydrogen) atoms. The van der Waals surface area contributed by atoms with E-state index in [1.54, 1.807) is 23.5 Å². The quantitative estimate of drug-likeness (QED) is 0.745. The third-order valence-electron chi connectivity index (χ3n) is 3.24. The molecule has 0 bridgehead atoms. The first-order chi connectivity index (χ1) is 11.1. The van der Waals surface area contributed by atoms with E-state index in [4.69, 9.17) is 16.1 Å². The van der Waals surface area contributed by atoms with Crippen LogP contribution in [0, 0.1) is 6.92 Å². The predicted octanol–water partition coefficient (Wildman–Crippen LogP) is 4.33. The van der Waals surface area contributed by atoms with Gasteiger partial charge in [-0.15, -0.1) is 11.3 Å². The van der Waals surface area contributed by atoms with Crippen molar-refractivity contribution in [3.05, 3.63) is 52.2 Å². The molecule has 0 radical (unpaired) electrons. The first-order valence-corrected chi connectivity index (χ1v) is 8.30. The van der Waals surface area contributed by atoms with Crippen LogP contribution in [0.2, 0.25) is 5.02 Å². The molecule has 5 nitrogen and oxygen atoms in total. The molecule has 0 saturated carbocycles. The molecular weight excluding hydrogens is 334 g/mol. The fourth-order valence-electron chi connectivity index (χ4n) is 2.06. The molecule has 0 unspecified atom stereocenters. The third kappa shape index (κ3) is 3.97. The second-order valence-corrected chi connectivity index (χ2v) is 6.38. The molecule has 3 rings (SSSR count). The van der Waals surface area contributed by atoms with Gasteiger partial charge in [0.2, 0.25) is 17.6 Å². The highest BCUT2D eigenvalue weighted by atomic mass is 35.5. The molecule has 0 aliphatic carbocycles. The summed E-state index contributed by atoms with van der Waals surface area (Å²) in [5.74, 6) is 0.909. The molecule has 2 heterocycles. The van der Waals surface area contributed by atoms with Crippen LogP contribution in [0.4, 0.5) is 5.69 Å². The largest absolute Gasteiger partial charge is 0.339 e. The van der Waals surface area contributed by atoms with Crippen molar-refractivity contribution in [2.45, 2.75) is 19.8 Å². The van der Waals surface area contributed by atoms with Crippen LogP contribution >= 0.6 is 22.9 Å². The Morgan fingerprint density at radius 3 is 3.00 bits per heavy atom. The van der Waals surface area contributed by atoms with Gasteiger partial charge in [0.1, 0.15) is 0 Å². The predicted molar refractivity (Wildman–Crippen MR) is 90.8 cm³/mol. The SMILES string of the molecule is Cc1cc(Cl)ccc1NC(=O)CCc1nc(-c2cccs2)no1. The number of anilines is 1. The Morgan fingerprint density at radius 2 is 2.26 bits per heavy atom. The Morgan fingerprint density at radius 1 is 1.39 bits per heavy atom. The number of carbonyl (C=O) groups is 1. The number of halogens is 1. The van der Waals surface area contributed by atoms with E-state index in [1.807, 2.05) is 30.5 Å². The molecule has 7 heteroatoms. The summed E-state index contributed by atoms with van der Waals surface area (Å²) >= 11 is 7.44. The Balaban J connectivity index is 1.57. The van der Waals surface area contributed by atoms with Crippen molar-refractivity contribution >= 4 is 34.5 Å². The van der Waals surface area contributed by atoms with Crippen LogP contribution in [0.3, 0.4) is 0 Å². The Kier molecular flexibility index (Phi) is 4.73. The van der Waals surface area contributed by atoms with Crippen LogP contribution in [0.15, 0.2) is 40.2 Å². The number of thiophene rings is 1. The average molecular weight is 348 g/mol. The van der Waals surface area contributed by atoms with Gasteiger partial charge in [-0.05, 0) is 42.1 Å². The van der Waals surface area contributed by atoms with Gasteiger partial charge in [0, 0.05) is 23.6 Å². The number of rotatable bonds is 5. The molecule has 0 saturated heterocycles. The van der Waals surface area contributed by atoms with Crippen molar-refractivity contribution in [2.75, 3.05) is 5.32 Å². The standard InChI is InChI=1S/C16H14ClN3O2S/c1-10-9-11(17)4-5-12(10)18-14(21)6-7-15-19-16(20-22-15)13-3-2-8-23-13/h2-5,8-9H,6-7H2,1H3,(H,18,21). The minimum atomic E-state index is -0.105. The monoisotopic (exact) mass is 347 g/mol. The van der Waals surface area contributed by atoms with E-state index >= 15 is 0 Å². The first-order valence-electron chi connectivity index (χ1n) is 7.04.